The molecule has 26 heavy (non-hydrogen) atoms. The first-order valence-electron chi connectivity index (χ1n) is 8.40. The van der Waals surface area contributed by atoms with Crippen LogP contribution in [0, 0.1) is 0 Å². The molecule has 0 bridgehead atoms. The van der Waals surface area contributed by atoms with Crippen molar-refractivity contribution in [3.63, 3.8) is 0 Å². The van der Waals surface area contributed by atoms with Crippen LogP contribution in [-0.4, -0.2) is 22.5 Å². The second-order valence-corrected chi connectivity index (χ2v) is 6.08. The van der Waals surface area contributed by atoms with Crippen molar-refractivity contribution in [2.45, 2.75) is 12.1 Å². The van der Waals surface area contributed by atoms with E-state index < -0.39 is 6.10 Å². The maximum atomic E-state index is 13.0. The Kier molecular flexibility index (Phi) is 4.41. The maximum absolute atomic E-state index is 13.0. The summed E-state index contributed by atoms with van der Waals surface area (Å²) in [4.78, 5) is 13.0. The van der Waals surface area contributed by atoms with E-state index in [1.54, 1.807) is 10.9 Å². The molecular weight excluding hydrogens is 330 g/mol. The number of amides is 1. The van der Waals surface area contributed by atoms with Crippen molar-refractivity contribution in [2.75, 3.05) is 6.79 Å². The van der Waals surface area contributed by atoms with Crippen LogP contribution in [0.4, 0.5) is 0 Å². The Balaban J connectivity index is 1.65. The SMILES string of the molecule is Cn1nccc1[C@H](NC(=O)[C@@H]1OCOc2ccccc21)c1ccccc1. The molecule has 1 aliphatic rings. The minimum absolute atomic E-state index is 0.0524. The summed E-state index contributed by atoms with van der Waals surface area (Å²) < 4.78 is 12.8. The number of carbonyl (C=O) groups excluding carboxylic acids is 1. The van der Waals surface area contributed by atoms with Gasteiger partial charge in [-0.05, 0) is 17.7 Å². The summed E-state index contributed by atoms with van der Waals surface area (Å²) in [6, 6.07) is 18.8. The molecule has 2 heterocycles. The summed E-state index contributed by atoms with van der Waals surface area (Å²) in [5.74, 6) is 0.464. The quantitative estimate of drug-likeness (QED) is 0.787. The molecule has 3 aromatic rings. The summed E-state index contributed by atoms with van der Waals surface area (Å²) in [5, 5.41) is 7.34. The largest absolute Gasteiger partial charge is 0.467 e. The third kappa shape index (κ3) is 3.07. The maximum Gasteiger partial charge on any atom is 0.254 e. The zero-order valence-corrected chi connectivity index (χ0v) is 14.3. The molecule has 1 amide bonds. The number of hydrogen-bond acceptors (Lipinski definition) is 4. The highest BCUT2D eigenvalue weighted by Crippen LogP contribution is 2.32. The standard InChI is InChI=1S/C20H19N3O3/c1-23-16(11-12-21-23)18(14-7-3-2-4-8-14)22-20(24)19-15-9-5-6-10-17(15)25-13-26-19/h2-12,18-19H,13H2,1H3,(H,22,24)/t18-,19-/m1/s1. The van der Waals surface area contributed by atoms with Crippen molar-refractivity contribution >= 4 is 5.91 Å². The minimum Gasteiger partial charge on any atom is -0.467 e. The van der Waals surface area contributed by atoms with Gasteiger partial charge in [0.05, 0.1) is 11.7 Å². The number of ether oxygens (including phenoxy) is 2. The van der Waals surface area contributed by atoms with Gasteiger partial charge >= 0.3 is 0 Å². The summed E-state index contributed by atoms with van der Waals surface area (Å²) in [5.41, 5.74) is 2.60. The third-order valence-electron chi connectivity index (χ3n) is 4.46. The molecule has 4 rings (SSSR count). The van der Waals surface area contributed by atoms with Crippen LogP contribution in [-0.2, 0) is 16.6 Å². The van der Waals surface area contributed by atoms with Crippen molar-refractivity contribution in [1.29, 1.82) is 0 Å². The Morgan fingerprint density at radius 1 is 1.15 bits per heavy atom. The predicted molar refractivity (Wildman–Crippen MR) is 95.4 cm³/mol. The van der Waals surface area contributed by atoms with Gasteiger partial charge in [-0.2, -0.15) is 5.10 Å². The summed E-state index contributed by atoms with van der Waals surface area (Å²) in [6.07, 6.45) is 1.01. The van der Waals surface area contributed by atoms with E-state index in [0.29, 0.717) is 5.75 Å². The van der Waals surface area contributed by atoms with Crippen LogP contribution in [0.15, 0.2) is 66.9 Å². The van der Waals surface area contributed by atoms with Crippen LogP contribution in [0.2, 0.25) is 0 Å². The first kappa shape index (κ1) is 16.4. The van der Waals surface area contributed by atoms with Crippen molar-refractivity contribution < 1.29 is 14.3 Å². The van der Waals surface area contributed by atoms with Crippen molar-refractivity contribution in [3.8, 4) is 5.75 Å². The zero-order chi connectivity index (χ0) is 17.9. The highest BCUT2D eigenvalue weighted by molar-refractivity contribution is 5.84. The Labute approximate surface area is 151 Å². The van der Waals surface area contributed by atoms with Crippen LogP contribution in [0.3, 0.4) is 0 Å². The van der Waals surface area contributed by atoms with E-state index in [-0.39, 0.29) is 18.7 Å². The molecule has 1 aromatic heterocycles. The van der Waals surface area contributed by atoms with Gasteiger partial charge in [0.2, 0.25) is 0 Å². The van der Waals surface area contributed by atoms with Gasteiger partial charge in [0, 0.05) is 18.8 Å². The van der Waals surface area contributed by atoms with Gasteiger partial charge in [-0.25, -0.2) is 0 Å². The Bertz CT molecular complexity index is 907. The van der Waals surface area contributed by atoms with E-state index in [2.05, 4.69) is 10.4 Å². The van der Waals surface area contributed by atoms with E-state index in [1.807, 2.05) is 67.7 Å². The average molecular weight is 349 g/mol. The number of aryl methyl sites for hydroxylation is 1. The lowest BCUT2D eigenvalue weighted by Crippen LogP contribution is -2.37. The molecule has 0 saturated carbocycles. The molecule has 0 unspecified atom stereocenters. The van der Waals surface area contributed by atoms with Crippen LogP contribution >= 0.6 is 0 Å². The van der Waals surface area contributed by atoms with Crippen LogP contribution in [0.5, 0.6) is 5.75 Å². The van der Waals surface area contributed by atoms with E-state index in [4.69, 9.17) is 9.47 Å². The topological polar surface area (TPSA) is 65.4 Å². The number of para-hydroxylation sites is 1. The Morgan fingerprint density at radius 3 is 2.69 bits per heavy atom. The molecule has 0 radical (unpaired) electrons. The fourth-order valence-electron chi connectivity index (χ4n) is 3.16. The minimum atomic E-state index is -0.709. The van der Waals surface area contributed by atoms with E-state index in [0.717, 1.165) is 16.8 Å². The molecule has 0 fully saturated rings. The number of aromatic nitrogens is 2. The third-order valence-corrected chi connectivity index (χ3v) is 4.46. The van der Waals surface area contributed by atoms with Crippen LogP contribution < -0.4 is 10.1 Å². The zero-order valence-electron chi connectivity index (χ0n) is 14.3. The first-order valence-corrected chi connectivity index (χ1v) is 8.40. The van der Waals surface area contributed by atoms with Gasteiger partial charge < -0.3 is 14.8 Å². The smallest absolute Gasteiger partial charge is 0.254 e. The fourth-order valence-corrected chi connectivity index (χ4v) is 3.16. The van der Waals surface area contributed by atoms with Gasteiger partial charge in [-0.3, -0.25) is 9.48 Å². The molecule has 0 aliphatic carbocycles. The normalized spacial score (nSPS) is 17.0. The molecule has 0 saturated heterocycles. The second kappa shape index (κ2) is 7.01. The summed E-state index contributed by atoms with van der Waals surface area (Å²) >= 11 is 0. The number of hydrogen-bond donors (Lipinski definition) is 1. The molecule has 6 heteroatoms. The first-order chi connectivity index (χ1) is 12.7. The van der Waals surface area contributed by atoms with Crippen molar-refractivity contribution in [3.05, 3.63) is 83.7 Å². The predicted octanol–water partition coefficient (Wildman–Crippen LogP) is 2.73. The second-order valence-electron chi connectivity index (χ2n) is 6.08. The number of nitrogens with zero attached hydrogens (tertiary/aromatic N) is 2. The van der Waals surface area contributed by atoms with Gasteiger partial charge in [0.25, 0.3) is 5.91 Å². The molecule has 0 spiro atoms. The summed E-state index contributed by atoms with van der Waals surface area (Å²) in [6.45, 7) is 0.0524. The molecular formula is C20H19N3O3. The lowest BCUT2D eigenvalue weighted by atomic mass is 10.0. The Hall–Kier alpha value is -3.12. The highest BCUT2D eigenvalue weighted by Gasteiger charge is 2.31. The van der Waals surface area contributed by atoms with Crippen molar-refractivity contribution in [1.82, 2.24) is 15.1 Å². The number of carbonyl (C=O) groups is 1. The molecule has 1 aliphatic heterocycles. The van der Waals surface area contributed by atoms with E-state index >= 15 is 0 Å². The summed E-state index contributed by atoms with van der Waals surface area (Å²) in [7, 11) is 1.86. The van der Waals surface area contributed by atoms with Crippen LogP contribution in [0.25, 0.3) is 0 Å². The van der Waals surface area contributed by atoms with E-state index in [9.17, 15) is 4.79 Å². The number of fused-ring (bicyclic) bond motifs is 1. The lowest BCUT2D eigenvalue weighted by Gasteiger charge is -2.27. The molecule has 2 atom stereocenters. The molecule has 6 nitrogen and oxygen atoms in total. The molecule has 132 valence electrons. The van der Waals surface area contributed by atoms with Crippen LogP contribution in [0.1, 0.15) is 29.0 Å². The number of rotatable bonds is 4. The van der Waals surface area contributed by atoms with Gasteiger partial charge in [0.1, 0.15) is 5.75 Å². The van der Waals surface area contributed by atoms with E-state index in [1.165, 1.54) is 0 Å². The Morgan fingerprint density at radius 2 is 1.92 bits per heavy atom. The molecule has 1 N–H and O–H groups in total. The van der Waals surface area contributed by atoms with Crippen molar-refractivity contribution in [2.24, 2.45) is 7.05 Å². The monoisotopic (exact) mass is 349 g/mol. The van der Waals surface area contributed by atoms with Gasteiger partial charge in [0.15, 0.2) is 12.9 Å². The average Bonchev–Trinajstić information content (AvgIpc) is 3.12. The van der Waals surface area contributed by atoms with Gasteiger partial charge in [-0.1, -0.05) is 48.5 Å². The molecule has 2 aromatic carbocycles. The number of benzene rings is 2. The number of nitrogens with one attached hydrogen (secondary N) is 1. The fraction of sp³-hybridized carbons (Fsp3) is 0.200. The van der Waals surface area contributed by atoms with Gasteiger partial charge in [-0.15, -0.1) is 0 Å². The highest BCUT2D eigenvalue weighted by atomic mass is 16.7. The lowest BCUT2D eigenvalue weighted by molar-refractivity contribution is -0.142.